The van der Waals surface area contributed by atoms with Crippen molar-refractivity contribution in [3.8, 4) is 5.75 Å². The second kappa shape index (κ2) is 11.6. The molecule has 2 rings (SSSR count). The Morgan fingerprint density at radius 2 is 1.33 bits per heavy atom. The number of rotatable bonds is 11. The zero-order chi connectivity index (χ0) is 16.9. The van der Waals surface area contributed by atoms with Gasteiger partial charge in [0.1, 0.15) is 5.75 Å². The fraction of sp³-hybridized carbons (Fsp3) is 0.421. The van der Waals surface area contributed by atoms with Crippen molar-refractivity contribution in [1.29, 1.82) is 0 Å². The monoisotopic (exact) mass is 343 g/mol. The van der Waals surface area contributed by atoms with Gasteiger partial charge in [0, 0.05) is 12.4 Å². The van der Waals surface area contributed by atoms with Crippen LogP contribution in [0.4, 0.5) is 11.4 Å². The number of hydrogen-bond acceptors (Lipinski definition) is 5. The summed E-state index contributed by atoms with van der Waals surface area (Å²) < 4.78 is 5.76. The highest BCUT2D eigenvalue weighted by atomic mass is 32.1. The van der Waals surface area contributed by atoms with Crippen molar-refractivity contribution >= 4 is 24.0 Å². The van der Waals surface area contributed by atoms with Gasteiger partial charge in [0.25, 0.3) is 0 Å². The van der Waals surface area contributed by atoms with Gasteiger partial charge in [-0.05, 0) is 55.0 Å². The highest BCUT2D eigenvalue weighted by Gasteiger charge is 1.96. The van der Waals surface area contributed by atoms with Crippen LogP contribution in [-0.4, -0.2) is 17.3 Å². The Morgan fingerprint density at radius 1 is 0.750 bits per heavy atom. The predicted octanol–water partition coefficient (Wildman–Crippen LogP) is 6.15. The maximum Gasteiger partial charge on any atom is 0.119 e. The molecule has 0 unspecified atom stereocenters. The van der Waals surface area contributed by atoms with E-state index in [9.17, 15) is 0 Å². The molecule has 128 valence electrons. The molecule has 0 amide bonds. The minimum absolute atomic E-state index is 0.768. The fourth-order valence-electron chi connectivity index (χ4n) is 2.25. The lowest BCUT2D eigenvalue weighted by molar-refractivity contribution is 0.304. The Balaban J connectivity index is 1.64. The summed E-state index contributed by atoms with van der Waals surface area (Å²) in [5, 5.41) is 8.36. The van der Waals surface area contributed by atoms with Gasteiger partial charge >= 0.3 is 0 Å². The molecule has 1 heterocycles. The zero-order valence-corrected chi connectivity index (χ0v) is 14.9. The summed E-state index contributed by atoms with van der Waals surface area (Å²) in [5.41, 5.74) is 1.60. The summed E-state index contributed by atoms with van der Waals surface area (Å²) in [6.07, 6.45) is 10.8. The summed E-state index contributed by atoms with van der Waals surface area (Å²) in [6.45, 7) is 0.768. The van der Waals surface area contributed by atoms with Gasteiger partial charge in [-0.3, -0.25) is 4.98 Å². The van der Waals surface area contributed by atoms with E-state index in [2.05, 4.69) is 27.8 Å². The maximum atomic E-state index is 5.76. The molecule has 4 nitrogen and oxygen atoms in total. The SMILES string of the molecule is SCCCCCCCCOc1ccc(N=Nc2ccncc2)cc1. The van der Waals surface area contributed by atoms with Crippen molar-refractivity contribution < 1.29 is 4.74 Å². The molecule has 0 atom stereocenters. The van der Waals surface area contributed by atoms with E-state index in [1.807, 2.05) is 36.4 Å². The van der Waals surface area contributed by atoms with Gasteiger partial charge in [-0.1, -0.05) is 25.7 Å². The van der Waals surface area contributed by atoms with Crippen molar-refractivity contribution in [3.05, 3.63) is 48.8 Å². The molecule has 0 aliphatic heterocycles. The number of nitrogens with zero attached hydrogens (tertiary/aromatic N) is 3. The zero-order valence-electron chi connectivity index (χ0n) is 14.0. The first-order chi connectivity index (χ1) is 11.9. The highest BCUT2D eigenvalue weighted by Crippen LogP contribution is 2.21. The highest BCUT2D eigenvalue weighted by molar-refractivity contribution is 7.80. The number of hydrogen-bond donors (Lipinski definition) is 1. The predicted molar refractivity (Wildman–Crippen MR) is 102 cm³/mol. The van der Waals surface area contributed by atoms with Gasteiger partial charge in [-0.2, -0.15) is 22.9 Å². The van der Waals surface area contributed by atoms with Crippen molar-refractivity contribution in [2.75, 3.05) is 12.4 Å². The molecule has 0 saturated carbocycles. The van der Waals surface area contributed by atoms with E-state index >= 15 is 0 Å². The molecular weight excluding hydrogens is 318 g/mol. The molecule has 0 aliphatic rings. The standard InChI is InChI=1S/C19H25N3OS/c24-16-6-4-2-1-3-5-15-23-19-9-7-17(8-10-19)21-22-18-11-13-20-14-12-18/h7-14,24H,1-6,15-16H2. The number of thiol groups is 1. The topological polar surface area (TPSA) is 46.8 Å². The smallest absolute Gasteiger partial charge is 0.119 e. The third-order valence-corrected chi connectivity index (χ3v) is 3.92. The van der Waals surface area contributed by atoms with Crippen molar-refractivity contribution in [2.24, 2.45) is 10.2 Å². The van der Waals surface area contributed by atoms with E-state index in [4.69, 9.17) is 4.74 Å². The Labute approximate surface area is 149 Å². The molecule has 0 radical (unpaired) electrons. The fourth-order valence-corrected chi connectivity index (χ4v) is 2.47. The van der Waals surface area contributed by atoms with Crippen LogP contribution in [-0.2, 0) is 0 Å². The van der Waals surface area contributed by atoms with Crippen LogP contribution in [0.1, 0.15) is 38.5 Å². The van der Waals surface area contributed by atoms with Crippen molar-refractivity contribution in [2.45, 2.75) is 38.5 Å². The van der Waals surface area contributed by atoms with Crippen molar-refractivity contribution in [3.63, 3.8) is 0 Å². The second-order valence-electron chi connectivity index (χ2n) is 5.59. The van der Waals surface area contributed by atoms with E-state index < -0.39 is 0 Å². The minimum Gasteiger partial charge on any atom is -0.494 e. The quantitative estimate of drug-likeness (QED) is 0.302. The van der Waals surface area contributed by atoms with Crippen LogP contribution in [0.3, 0.4) is 0 Å². The van der Waals surface area contributed by atoms with Crippen LogP contribution >= 0.6 is 12.6 Å². The van der Waals surface area contributed by atoms with E-state index in [-0.39, 0.29) is 0 Å². The molecule has 2 aromatic rings. The van der Waals surface area contributed by atoms with Crippen LogP contribution < -0.4 is 4.74 Å². The summed E-state index contributed by atoms with van der Waals surface area (Å²) in [6, 6.07) is 11.3. The van der Waals surface area contributed by atoms with Gasteiger partial charge in [0.2, 0.25) is 0 Å². The Hall–Kier alpha value is -1.88. The summed E-state index contributed by atoms with van der Waals surface area (Å²) >= 11 is 4.22. The molecule has 0 spiro atoms. The van der Waals surface area contributed by atoms with E-state index in [1.54, 1.807) is 12.4 Å². The van der Waals surface area contributed by atoms with E-state index in [1.165, 1.54) is 32.1 Å². The Bertz CT molecular complexity index is 587. The summed E-state index contributed by atoms with van der Waals surface area (Å²) in [7, 11) is 0. The van der Waals surface area contributed by atoms with Crippen LogP contribution in [0.15, 0.2) is 59.0 Å². The van der Waals surface area contributed by atoms with E-state index in [0.29, 0.717) is 0 Å². The lowest BCUT2D eigenvalue weighted by Crippen LogP contribution is -1.96. The minimum atomic E-state index is 0.768. The molecule has 24 heavy (non-hydrogen) atoms. The third kappa shape index (κ3) is 7.59. The molecule has 1 aromatic carbocycles. The molecular formula is C19H25N3OS. The largest absolute Gasteiger partial charge is 0.494 e. The molecule has 0 saturated heterocycles. The Morgan fingerprint density at radius 3 is 2.00 bits per heavy atom. The van der Waals surface area contributed by atoms with Crippen LogP contribution in [0.2, 0.25) is 0 Å². The molecule has 5 heteroatoms. The number of ether oxygens (including phenoxy) is 1. The molecule has 0 bridgehead atoms. The average Bonchev–Trinajstić information content (AvgIpc) is 2.64. The van der Waals surface area contributed by atoms with Gasteiger partial charge in [-0.25, -0.2) is 0 Å². The molecule has 1 aromatic heterocycles. The van der Waals surface area contributed by atoms with Crippen molar-refractivity contribution in [1.82, 2.24) is 4.98 Å². The summed E-state index contributed by atoms with van der Waals surface area (Å²) in [5.74, 6) is 1.88. The number of pyridine rings is 1. The Kier molecular flexibility index (Phi) is 8.94. The lowest BCUT2D eigenvalue weighted by Gasteiger charge is -2.06. The maximum absolute atomic E-state index is 5.76. The van der Waals surface area contributed by atoms with Gasteiger partial charge < -0.3 is 4.74 Å². The average molecular weight is 343 g/mol. The number of unbranched alkanes of at least 4 members (excludes halogenated alkanes) is 5. The molecule has 0 N–H and O–H groups in total. The van der Waals surface area contributed by atoms with Crippen LogP contribution in [0, 0.1) is 0 Å². The third-order valence-electron chi connectivity index (χ3n) is 3.60. The van der Waals surface area contributed by atoms with Gasteiger partial charge in [-0.15, -0.1) is 0 Å². The first kappa shape index (κ1) is 18.5. The van der Waals surface area contributed by atoms with Crippen LogP contribution in [0.25, 0.3) is 0 Å². The van der Waals surface area contributed by atoms with Gasteiger partial charge in [0.05, 0.1) is 18.0 Å². The molecule has 0 aliphatic carbocycles. The van der Waals surface area contributed by atoms with Crippen LogP contribution in [0.5, 0.6) is 5.75 Å². The molecule has 0 fully saturated rings. The second-order valence-corrected chi connectivity index (χ2v) is 6.04. The normalized spacial score (nSPS) is 11.0. The number of benzene rings is 1. The number of azo groups is 1. The van der Waals surface area contributed by atoms with Gasteiger partial charge in [0.15, 0.2) is 0 Å². The summed E-state index contributed by atoms with van der Waals surface area (Å²) in [4.78, 5) is 3.95. The first-order valence-electron chi connectivity index (χ1n) is 8.54. The first-order valence-corrected chi connectivity index (χ1v) is 9.17. The lowest BCUT2D eigenvalue weighted by atomic mass is 10.1. The van der Waals surface area contributed by atoms with E-state index in [0.717, 1.165) is 35.9 Å². The number of aromatic nitrogens is 1.